The fourth-order valence-electron chi connectivity index (χ4n) is 0.429. The summed E-state index contributed by atoms with van der Waals surface area (Å²) in [4.78, 5) is 13.7. The molecule has 10 heavy (non-hydrogen) atoms. The lowest BCUT2D eigenvalue weighted by atomic mass is 10.6. The number of hydrogen-bond donors (Lipinski definition) is 0. The van der Waals surface area contributed by atoms with Crippen LogP contribution in [0.15, 0.2) is 6.33 Å². The summed E-state index contributed by atoms with van der Waals surface area (Å²) in [5, 5.41) is 3.05. The zero-order valence-electron chi connectivity index (χ0n) is 5.11. The van der Waals surface area contributed by atoms with E-state index < -0.39 is 5.97 Å². The molecule has 0 N–H and O–H groups in total. The van der Waals surface area contributed by atoms with Crippen LogP contribution in [0, 0.1) is 0 Å². The van der Waals surface area contributed by atoms with Gasteiger partial charge in [-0.1, -0.05) is 9.39 Å². The van der Waals surface area contributed by atoms with E-state index in [1.165, 1.54) is 7.11 Å². The lowest BCUT2D eigenvalue weighted by Gasteiger charge is -1.87. The molecule has 0 aliphatic heterocycles. The first-order valence-electron chi connectivity index (χ1n) is 2.40. The van der Waals surface area contributed by atoms with Gasteiger partial charge in [-0.25, -0.2) is 9.78 Å². The molecule has 1 aromatic rings. The molecule has 0 aromatic carbocycles. The number of methoxy groups -OCH3 is 1. The highest BCUT2D eigenvalue weighted by molar-refractivity contribution is 5.84. The van der Waals surface area contributed by atoms with Gasteiger partial charge >= 0.3 is 5.97 Å². The largest absolute Gasteiger partial charge is 0.463 e. The van der Waals surface area contributed by atoms with Gasteiger partial charge in [0.25, 0.3) is 5.82 Å². The number of carbonyl (C=O) groups excluding carboxylic acids is 1. The van der Waals surface area contributed by atoms with Crippen molar-refractivity contribution in [3.63, 3.8) is 0 Å². The molecule has 0 radical (unpaired) electrons. The Kier molecular flexibility index (Phi) is 1.61. The summed E-state index contributed by atoms with van der Waals surface area (Å²) in [5.41, 5.74) is 0. The molecule has 5 nitrogen and oxygen atoms in total. The van der Waals surface area contributed by atoms with E-state index in [-0.39, 0.29) is 10.7 Å². The monoisotopic (exact) mass is 145 g/mol. The van der Waals surface area contributed by atoms with E-state index in [0.717, 1.165) is 6.33 Å². The highest BCUT2D eigenvalue weighted by Crippen LogP contribution is 1.90. The van der Waals surface area contributed by atoms with E-state index in [0.29, 0.717) is 0 Å². The van der Waals surface area contributed by atoms with E-state index in [2.05, 4.69) is 14.8 Å². The summed E-state index contributed by atoms with van der Waals surface area (Å²) >= 11 is 0. The Labute approximate surface area is 55.4 Å². The van der Waals surface area contributed by atoms with E-state index in [9.17, 15) is 9.28 Å². The molecule has 0 spiro atoms. The molecule has 0 unspecified atom stereocenters. The smallest absolute Gasteiger partial charge is 0.378 e. The van der Waals surface area contributed by atoms with Crippen LogP contribution in [0.2, 0.25) is 0 Å². The number of hydrogen-bond acceptors (Lipinski definition) is 4. The molecule has 1 rings (SSSR count). The molecule has 1 aromatic heterocycles. The summed E-state index contributed by atoms with van der Waals surface area (Å²) in [5.74, 6) is -1.04. The fraction of sp³-hybridized carbons (Fsp3) is 0.250. The van der Waals surface area contributed by atoms with E-state index >= 15 is 0 Å². The molecule has 0 saturated carbocycles. The zero-order valence-corrected chi connectivity index (χ0v) is 5.11. The molecule has 6 heteroatoms. The molecule has 0 saturated heterocycles. The van der Waals surface area contributed by atoms with Crippen molar-refractivity contribution in [2.24, 2.45) is 0 Å². The average molecular weight is 145 g/mol. The van der Waals surface area contributed by atoms with Crippen molar-refractivity contribution in [3.8, 4) is 0 Å². The molecule has 1 heterocycles. The highest BCUT2D eigenvalue weighted by atomic mass is 19.2. The van der Waals surface area contributed by atoms with E-state index in [1.54, 1.807) is 0 Å². The van der Waals surface area contributed by atoms with Crippen molar-refractivity contribution < 1.29 is 14.0 Å². The third kappa shape index (κ3) is 1.09. The average Bonchev–Trinajstić information content (AvgIpc) is 2.34. The number of ether oxygens (including phenoxy) is 1. The van der Waals surface area contributed by atoms with Gasteiger partial charge in [0.15, 0.2) is 6.33 Å². The first-order valence-corrected chi connectivity index (χ1v) is 2.40. The van der Waals surface area contributed by atoms with Crippen molar-refractivity contribution in [2.45, 2.75) is 0 Å². The van der Waals surface area contributed by atoms with Gasteiger partial charge in [0.2, 0.25) is 0 Å². The van der Waals surface area contributed by atoms with E-state index in [4.69, 9.17) is 0 Å². The highest BCUT2D eigenvalue weighted by Gasteiger charge is 2.10. The number of carbonyl (C=O) groups is 1. The first-order chi connectivity index (χ1) is 4.74. The Bertz CT molecular complexity index is 246. The molecule has 0 amide bonds. The Balaban J connectivity index is 2.85. The molecule has 0 fully saturated rings. The third-order valence-corrected chi connectivity index (χ3v) is 0.834. The maximum atomic E-state index is 12.0. The second-order valence-corrected chi connectivity index (χ2v) is 1.45. The quantitative estimate of drug-likeness (QED) is 0.513. The van der Waals surface area contributed by atoms with Gasteiger partial charge in [-0.2, -0.15) is 0 Å². The van der Waals surface area contributed by atoms with Crippen molar-refractivity contribution in [1.29, 1.82) is 0 Å². The van der Waals surface area contributed by atoms with Crippen LogP contribution < -0.4 is 0 Å². The number of esters is 1. The lowest BCUT2D eigenvalue weighted by Crippen LogP contribution is -2.03. The van der Waals surface area contributed by atoms with E-state index in [1.807, 2.05) is 0 Å². The Hall–Kier alpha value is -1.46. The summed E-state index contributed by atoms with van der Waals surface area (Å²) in [7, 11) is 1.17. The Morgan fingerprint density at radius 3 is 3.00 bits per heavy atom. The molecule has 0 atom stereocenters. The minimum absolute atomic E-state index is 0.0632. The Morgan fingerprint density at radius 2 is 2.60 bits per heavy atom. The number of aromatic nitrogens is 3. The molecular formula is C4H4FN3O2. The Morgan fingerprint density at radius 1 is 1.90 bits per heavy atom. The zero-order chi connectivity index (χ0) is 7.56. The summed E-state index contributed by atoms with van der Waals surface area (Å²) in [6.45, 7) is 0. The maximum absolute atomic E-state index is 12.0. The van der Waals surface area contributed by atoms with Crippen LogP contribution in [-0.4, -0.2) is 28.1 Å². The minimum atomic E-state index is -0.753. The SMILES string of the molecule is COC(=O)c1ncn(F)n1. The van der Waals surface area contributed by atoms with Crippen molar-refractivity contribution in [1.82, 2.24) is 15.0 Å². The standard InChI is InChI=1S/C4H4FN3O2/c1-10-4(9)3-6-2-8(5)7-3/h2H,1H3. The first kappa shape index (κ1) is 6.66. The second-order valence-electron chi connectivity index (χ2n) is 1.45. The molecular weight excluding hydrogens is 141 g/mol. The predicted molar refractivity (Wildman–Crippen MR) is 27.9 cm³/mol. The van der Waals surface area contributed by atoms with Crippen LogP contribution in [0.1, 0.15) is 10.6 Å². The topological polar surface area (TPSA) is 57.0 Å². The van der Waals surface area contributed by atoms with Gasteiger partial charge in [0.1, 0.15) is 0 Å². The van der Waals surface area contributed by atoms with Gasteiger partial charge in [-0.15, -0.1) is 5.10 Å². The van der Waals surface area contributed by atoms with Gasteiger partial charge in [0.05, 0.1) is 7.11 Å². The summed E-state index contributed by atoms with van der Waals surface area (Å²) in [6.07, 6.45) is 0.770. The van der Waals surface area contributed by atoms with Gasteiger partial charge < -0.3 is 4.74 Å². The van der Waals surface area contributed by atoms with Crippen LogP contribution in [0.25, 0.3) is 0 Å². The minimum Gasteiger partial charge on any atom is -0.463 e. The fourth-order valence-corrected chi connectivity index (χ4v) is 0.429. The van der Waals surface area contributed by atoms with Crippen molar-refractivity contribution in [3.05, 3.63) is 12.2 Å². The van der Waals surface area contributed by atoms with Crippen LogP contribution in [-0.2, 0) is 4.74 Å². The third-order valence-electron chi connectivity index (χ3n) is 0.834. The summed E-state index contributed by atoms with van der Waals surface area (Å²) < 4.78 is 16.2. The maximum Gasteiger partial charge on any atom is 0.378 e. The normalized spacial score (nSPS) is 9.40. The van der Waals surface area contributed by atoms with Crippen molar-refractivity contribution in [2.75, 3.05) is 7.11 Å². The molecule has 0 bridgehead atoms. The van der Waals surface area contributed by atoms with Crippen LogP contribution in [0.4, 0.5) is 4.48 Å². The number of nitrogens with zero attached hydrogens (tertiary/aromatic N) is 3. The lowest BCUT2D eigenvalue weighted by molar-refractivity contribution is 0.0584. The predicted octanol–water partition coefficient (Wildman–Crippen LogP) is -0.203. The molecule has 54 valence electrons. The van der Waals surface area contributed by atoms with Crippen LogP contribution >= 0.6 is 0 Å². The molecule has 0 aliphatic carbocycles. The van der Waals surface area contributed by atoms with Crippen LogP contribution in [0.5, 0.6) is 0 Å². The van der Waals surface area contributed by atoms with Gasteiger partial charge in [-0.05, 0) is 0 Å². The second kappa shape index (κ2) is 2.42. The van der Waals surface area contributed by atoms with Crippen LogP contribution in [0.3, 0.4) is 0 Å². The molecule has 0 aliphatic rings. The number of rotatable bonds is 1. The van der Waals surface area contributed by atoms with Crippen molar-refractivity contribution >= 4 is 5.97 Å². The van der Waals surface area contributed by atoms with Gasteiger partial charge in [-0.3, -0.25) is 0 Å². The number of halogens is 1. The summed E-state index contributed by atoms with van der Waals surface area (Å²) in [6, 6.07) is 0. The van der Waals surface area contributed by atoms with Gasteiger partial charge in [0, 0.05) is 0 Å².